The molecular weight excluding hydrogens is 281 g/mol. The maximum Gasteiger partial charge on any atom is 0.335 e. The van der Waals surface area contributed by atoms with E-state index in [1.807, 2.05) is 4.72 Å². The number of esters is 1. The first kappa shape index (κ1) is 15.1. The fourth-order valence-electron chi connectivity index (χ4n) is 1.16. The van der Waals surface area contributed by atoms with E-state index in [0.717, 1.165) is 19.2 Å². The van der Waals surface area contributed by atoms with Gasteiger partial charge in [0.1, 0.15) is 17.3 Å². The number of nitrogens with one attached hydrogen (secondary N) is 1. The summed E-state index contributed by atoms with van der Waals surface area (Å²) in [4.78, 5) is 20.6. The number of aromatic carboxylic acids is 1. The smallest absolute Gasteiger partial charge is 0.335 e. The van der Waals surface area contributed by atoms with Gasteiger partial charge in [-0.3, -0.25) is 4.79 Å². The van der Waals surface area contributed by atoms with Crippen LogP contribution in [-0.2, 0) is 19.6 Å². The van der Waals surface area contributed by atoms with Crippen LogP contribution in [0.25, 0.3) is 0 Å². The first-order valence-electron chi connectivity index (χ1n) is 4.87. The van der Waals surface area contributed by atoms with Gasteiger partial charge in [-0.25, -0.2) is 17.6 Å². The third-order valence-electron chi connectivity index (χ3n) is 2.10. The van der Waals surface area contributed by atoms with Crippen LogP contribution < -0.4 is 4.72 Å². The van der Waals surface area contributed by atoms with Gasteiger partial charge in [-0.2, -0.15) is 4.72 Å². The van der Waals surface area contributed by atoms with Crippen LogP contribution in [-0.4, -0.2) is 39.1 Å². The molecule has 19 heavy (non-hydrogen) atoms. The summed E-state index contributed by atoms with van der Waals surface area (Å²) < 4.78 is 42.9. The molecule has 9 heteroatoms. The molecule has 0 aliphatic heterocycles. The quantitative estimate of drug-likeness (QED) is 0.737. The van der Waals surface area contributed by atoms with Gasteiger partial charge < -0.3 is 9.84 Å². The highest BCUT2D eigenvalue weighted by molar-refractivity contribution is 7.89. The molecule has 1 aromatic rings. The van der Waals surface area contributed by atoms with Gasteiger partial charge >= 0.3 is 11.9 Å². The van der Waals surface area contributed by atoms with E-state index in [-0.39, 0.29) is 5.56 Å². The summed E-state index contributed by atoms with van der Waals surface area (Å²) in [6.07, 6.45) is 0. The van der Waals surface area contributed by atoms with Crippen molar-refractivity contribution in [3.05, 3.63) is 29.6 Å². The minimum Gasteiger partial charge on any atom is -0.478 e. The monoisotopic (exact) mass is 291 g/mol. The van der Waals surface area contributed by atoms with E-state index in [0.29, 0.717) is 6.07 Å². The number of hydrogen-bond acceptors (Lipinski definition) is 5. The van der Waals surface area contributed by atoms with E-state index in [1.165, 1.54) is 0 Å². The number of benzene rings is 1. The van der Waals surface area contributed by atoms with Crippen LogP contribution in [0.3, 0.4) is 0 Å². The summed E-state index contributed by atoms with van der Waals surface area (Å²) in [5.74, 6) is -3.45. The van der Waals surface area contributed by atoms with Crippen LogP contribution in [0.15, 0.2) is 23.1 Å². The third kappa shape index (κ3) is 3.73. The largest absolute Gasteiger partial charge is 0.478 e. The molecule has 0 spiro atoms. The first-order chi connectivity index (χ1) is 8.77. The molecule has 0 radical (unpaired) electrons. The van der Waals surface area contributed by atoms with Crippen molar-refractivity contribution >= 4 is 22.0 Å². The number of ether oxygens (including phenoxy) is 1. The van der Waals surface area contributed by atoms with Crippen LogP contribution in [0.5, 0.6) is 0 Å². The summed E-state index contributed by atoms with van der Waals surface area (Å²) in [5.41, 5.74) is -0.385. The second-order valence-electron chi connectivity index (χ2n) is 3.35. The summed E-state index contributed by atoms with van der Waals surface area (Å²) in [6, 6.07) is 2.32. The molecular formula is C10H10FNO6S. The van der Waals surface area contributed by atoms with Crippen LogP contribution in [0.4, 0.5) is 4.39 Å². The molecule has 1 rings (SSSR count). The lowest BCUT2D eigenvalue weighted by atomic mass is 10.2. The van der Waals surface area contributed by atoms with E-state index in [2.05, 4.69) is 4.74 Å². The van der Waals surface area contributed by atoms with Gasteiger partial charge in [0.2, 0.25) is 10.0 Å². The zero-order valence-corrected chi connectivity index (χ0v) is 10.5. The van der Waals surface area contributed by atoms with Crippen molar-refractivity contribution in [3.8, 4) is 0 Å². The van der Waals surface area contributed by atoms with Crippen molar-refractivity contribution in [2.24, 2.45) is 0 Å². The third-order valence-corrected chi connectivity index (χ3v) is 3.54. The van der Waals surface area contributed by atoms with Crippen molar-refractivity contribution in [1.29, 1.82) is 0 Å². The van der Waals surface area contributed by atoms with Gasteiger partial charge in [-0.1, -0.05) is 0 Å². The number of rotatable bonds is 5. The average molecular weight is 291 g/mol. The van der Waals surface area contributed by atoms with Crippen LogP contribution in [0.2, 0.25) is 0 Å². The lowest BCUT2D eigenvalue weighted by Crippen LogP contribution is -2.30. The Morgan fingerprint density at radius 2 is 2.05 bits per heavy atom. The van der Waals surface area contributed by atoms with Crippen molar-refractivity contribution in [3.63, 3.8) is 0 Å². The van der Waals surface area contributed by atoms with Crippen molar-refractivity contribution < 1.29 is 32.2 Å². The zero-order chi connectivity index (χ0) is 14.6. The first-order valence-corrected chi connectivity index (χ1v) is 6.35. The molecule has 0 unspecified atom stereocenters. The molecule has 0 atom stereocenters. The fraction of sp³-hybridized carbons (Fsp3) is 0.200. The predicted octanol–water partition coefficient (Wildman–Crippen LogP) is -0.0248. The highest BCUT2D eigenvalue weighted by Crippen LogP contribution is 2.15. The number of methoxy groups -OCH3 is 1. The van der Waals surface area contributed by atoms with E-state index < -0.39 is 39.2 Å². The Labute approximate surface area is 108 Å². The summed E-state index contributed by atoms with van der Waals surface area (Å²) in [6.45, 7) is -0.654. The molecule has 0 amide bonds. The van der Waals surface area contributed by atoms with Gasteiger partial charge in [-0.15, -0.1) is 0 Å². The molecule has 104 valence electrons. The molecule has 0 bridgehead atoms. The Morgan fingerprint density at radius 1 is 1.42 bits per heavy atom. The SMILES string of the molecule is COC(=O)CNS(=O)(=O)c1ccc(C(=O)O)cc1F. The number of carboxylic acid groups (broad SMARTS) is 1. The molecule has 0 aliphatic rings. The van der Waals surface area contributed by atoms with Gasteiger partial charge in [-0.05, 0) is 18.2 Å². The molecule has 0 heterocycles. The Hall–Kier alpha value is -2.00. The van der Waals surface area contributed by atoms with Crippen LogP contribution in [0.1, 0.15) is 10.4 Å². The maximum atomic E-state index is 13.5. The fourth-order valence-corrected chi connectivity index (χ4v) is 2.18. The van der Waals surface area contributed by atoms with Gasteiger partial charge in [0.05, 0.1) is 12.7 Å². The number of halogens is 1. The lowest BCUT2D eigenvalue weighted by molar-refractivity contribution is -0.139. The molecule has 0 saturated heterocycles. The van der Waals surface area contributed by atoms with Gasteiger partial charge in [0.25, 0.3) is 0 Å². The summed E-state index contributed by atoms with van der Waals surface area (Å²) in [7, 11) is -3.19. The highest BCUT2D eigenvalue weighted by atomic mass is 32.2. The Balaban J connectivity index is 3.02. The lowest BCUT2D eigenvalue weighted by Gasteiger charge is -2.07. The Kier molecular flexibility index (Phi) is 4.57. The number of carbonyl (C=O) groups is 2. The molecule has 1 aromatic carbocycles. The molecule has 0 fully saturated rings. The Bertz CT molecular complexity index is 612. The molecule has 0 saturated carbocycles. The normalized spacial score (nSPS) is 11.1. The van der Waals surface area contributed by atoms with Crippen molar-refractivity contribution in [2.75, 3.05) is 13.7 Å². The van der Waals surface area contributed by atoms with Gasteiger partial charge in [0, 0.05) is 0 Å². The number of carbonyl (C=O) groups excluding carboxylic acids is 1. The Morgan fingerprint density at radius 3 is 2.53 bits per heavy atom. The van der Waals surface area contributed by atoms with Crippen LogP contribution in [0, 0.1) is 5.82 Å². The van der Waals surface area contributed by atoms with Gasteiger partial charge in [0.15, 0.2) is 0 Å². The topological polar surface area (TPSA) is 110 Å². The number of hydrogen-bond donors (Lipinski definition) is 2. The second kappa shape index (κ2) is 5.76. The summed E-state index contributed by atoms with van der Waals surface area (Å²) >= 11 is 0. The molecule has 7 nitrogen and oxygen atoms in total. The minimum atomic E-state index is -4.26. The van der Waals surface area contributed by atoms with E-state index in [4.69, 9.17) is 5.11 Å². The highest BCUT2D eigenvalue weighted by Gasteiger charge is 2.21. The van der Waals surface area contributed by atoms with E-state index in [9.17, 15) is 22.4 Å². The van der Waals surface area contributed by atoms with Crippen molar-refractivity contribution in [2.45, 2.75) is 4.90 Å². The zero-order valence-electron chi connectivity index (χ0n) is 9.71. The summed E-state index contributed by atoms with van der Waals surface area (Å²) in [5, 5.41) is 8.62. The standard InChI is InChI=1S/C10H10FNO6S/c1-18-9(13)5-12-19(16,17)8-3-2-6(10(14)15)4-7(8)11/h2-4,12H,5H2,1H3,(H,14,15). The molecule has 0 aliphatic carbocycles. The average Bonchev–Trinajstić information content (AvgIpc) is 2.35. The number of carboxylic acids is 1. The van der Waals surface area contributed by atoms with Crippen molar-refractivity contribution in [1.82, 2.24) is 4.72 Å². The van der Waals surface area contributed by atoms with E-state index in [1.54, 1.807) is 0 Å². The molecule has 2 N–H and O–H groups in total. The second-order valence-corrected chi connectivity index (χ2v) is 5.09. The van der Waals surface area contributed by atoms with E-state index >= 15 is 0 Å². The number of sulfonamides is 1. The van der Waals surface area contributed by atoms with Crippen LogP contribution >= 0.6 is 0 Å². The molecule has 0 aromatic heterocycles. The minimum absolute atomic E-state index is 0.385. The predicted molar refractivity (Wildman–Crippen MR) is 60.6 cm³/mol. The maximum absolute atomic E-state index is 13.5.